The van der Waals surface area contributed by atoms with E-state index in [0.717, 1.165) is 15.8 Å². The van der Waals surface area contributed by atoms with Crippen LogP contribution in [0.4, 0.5) is 0 Å². The van der Waals surface area contributed by atoms with Crippen LogP contribution in [0.1, 0.15) is 35.2 Å². The highest BCUT2D eigenvalue weighted by molar-refractivity contribution is 9.10. The monoisotopic (exact) mass is 333 g/mol. The summed E-state index contributed by atoms with van der Waals surface area (Å²) in [7, 11) is 0. The highest BCUT2D eigenvalue weighted by Gasteiger charge is 2.09. The SMILES string of the molecule is Cc1ccc(COc2cc(Br)ccc2[C@@H](C)N)cc1C. The van der Waals surface area contributed by atoms with Crippen molar-refractivity contribution in [2.45, 2.75) is 33.4 Å². The number of rotatable bonds is 4. The van der Waals surface area contributed by atoms with Crippen molar-refractivity contribution < 1.29 is 4.74 Å². The van der Waals surface area contributed by atoms with E-state index in [-0.39, 0.29) is 6.04 Å². The van der Waals surface area contributed by atoms with E-state index in [0.29, 0.717) is 6.61 Å². The van der Waals surface area contributed by atoms with Crippen LogP contribution in [0, 0.1) is 13.8 Å². The first-order valence-corrected chi connectivity index (χ1v) is 7.50. The van der Waals surface area contributed by atoms with Crippen LogP contribution in [-0.4, -0.2) is 0 Å². The third-order valence-corrected chi connectivity index (χ3v) is 3.93. The van der Waals surface area contributed by atoms with E-state index in [9.17, 15) is 0 Å². The summed E-state index contributed by atoms with van der Waals surface area (Å²) in [6, 6.07) is 12.3. The lowest BCUT2D eigenvalue weighted by Gasteiger charge is -2.15. The highest BCUT2D eigenvalue weighted by Crippen LogP contribution is 2.28. The zero-order valence-electron chi connectivity index (χ0n) is 12.1. The van der Waals surface area contributed by atoms with Gasteiger partial charge in [0.05, 0.1) is 0 Å². The van der Waals surface area contributed by atoms with E-state index in [1.807, 2.05) is 25.1 Å². The summed E-state index contributed by atoms with van der Waals surface area (Å²) in [4.78, 5) is 0. The van der Waals surface area contributed by atoms with Crippen LogP contribution in [-0.2, 0) is 6.61 Å². The Morgan fingerprint density at radius 1 is 1.10 bits per heavy atom. The normalized spacial score (nSPS) is 12.2. The third-order valence-electron chi connectivity index (χ3n) is 3.43. The summed E-state index contributed by atoms with van der Waals surface area (Å²) < 4.78 is 6.95. The van der Waals surface area contributed by atoms with Gasteiger partial charge in [-0.3, -0.25) is 0 Å². The molecule has 2 aromatic rings. The van der Waals surface area contributed by atoms with Gasteiger partial charge in [0, 0.05) is 16.1 Å². The fraction of sp³-hybridized carbons (Fsp3) is 0.294. The molecule has 0 bridgehead atoms. The minimum atomic E-state index is -0.0437. The zero-order chi connectivity index (χ0) is 14.7. The minimum Gasteiger partial charge on any atom is -0.489 e. The molecule has 106 valence electrons. The van der Waals surface area contributed by atoms with E-state index in [1.165, 1.54) is 16.7 Å². The van der Waals surface area contributed by atoms with Gasteiger partial charge in [-0.1, -0.05) is 40.2 Å². The van der Waals surface area contributed by atoms with Crippen molar-refractivity contribution >= 4 is 15.9 Å². The lowest BCUT2D eigenvalue weighted by atomic mass is 10.1. The number of hydrogen-bond donors (Lipinski definition) is 1. The van der Waals surface area contributed by atoms with Crippen LogP contribution in [0.3, 0.4) is 0 Å². The standard InChI is InChI=1S/C17H20BrNO/c1-11-4-5-14(8-12(11)2)10-20-17-9-15(18)6-7-16(17)13(3)19/h4-9,13H,10,19H2,1-3H3/t13-/m1/s1. The zero-order valence-corrected chi connectivity index (χ0v) is 13.7. The molecule has 2 N–H and O–H groups in total. The molecule has 0 spiro atoms. The van der Waals surface area contributed by atoms with Crippen LogP contribution in [0.5, 0.6) is 5.75 Å². The Labute approximate surface area is 129 Å². The molecule has 0 heterocycles. The maximum Gasteiger partial charge on any atom is 0.125 e. The molecule has 2 nitrogen and oxygen atoms in total. The molecule has 0 aliphatic rings. The van der Waals surface area contributed by atoms with Gasteiger partial charge in [-0.25, -0.2) is 0 Å². The van der Waals surface area contributed by atoms with E-state index in [2.05, 4.69) is 48.0 Å². The maximum atomic E-state index is 5.98. The summed E-state index contributed by atoms with van der Waals surface area (Å²) in [5, 5.41) is 0. The molecule has 0 amide bonds. The van der Waals surface area contributed by atoms with Crippen molar-refractivity contribution in [1.82, 2.24) is 0 Å². The molecule has 0 radical (unpaired) electrons. The Balaban J connectivity index is 2.17. The van der Waals surface area contributed by atoms with Gasteiger partial charge < -0.3 is 10.5 Å². The van der Waals surface area contributed by atoms with E-state index in [1.54, 1.807) is 0 Å². The van der Waals surface area contributed by atoms with Crippen molar-refractivity contribution in [3.05, 3.63) is 63.1 Å². The van der Waals surface area contributed by atoms with E-state index >= 15 is 0 Å². The molecule has 0 saturated heterocycles. The van der Waals surface area contributed by atoms with E-state index < -0.39 is 0 Å². The third kappa shape index (κ3) is 3.62. The predicted octanol–water partition coefficient (Wildman–Crippen LogP) is 4.66. The Hall–Kier alpha value is -1.32. The average Bonchev–Trinajstić information content (AvgIpc) is 2.40. The Morgan fingerprint density at radius 3 is 2.50 bits per heavy atom. The van der Waals surface area contributed by atoms with Gasteiger partial charge in [0.25, 0.3) is 0 Å². The van der Waals surface area contributed by atoms with Crippen LogP contribution in [0.15, 0.2) is 40.9 Å². The largest absolute Gasteiger partial charge is 0.489 e. The van der Waals surface area contributed by atoms with Gasteiger partial charge in [-0.15, -0.1) is 0 Å². The van der Waals surface area contributed by atoms with Crippen molar-refractivity contribution in [3.8, 4) is 5.75 Å². The smallest absolute Gasteiger partial charge is 0.125 e. The number of halogens is 1. The number of nitrogens with two attached hydrogens (primary N) is 1. The molecule has 2 rings (SSSR count). The summed E-state index contributed by atoms with van der Waals surface area (Å²) in [5.41, 5.74) is 10.8. The Bertz CT molecular complexity index is 608. The lowest BCUT2D eigenvalue weighted by Crippen LogP contribution is -2.08. The van der Waals surface area contributed by atoms with Crippen molar-refractivity contribution in [3.63, 3.8) is 0 Å². The molecule has 0 aliphatic carbocycles. The van der Waals surface area contributed by atoms with Crippen LogP contribution in [0.2, 0.25) is 0 Å². The molecule has 0 unspecified atom stereocenters. The molecule has 0 fully saturated rings. The maximum absolute atomic E-state index is 5.98. The summed E-state index contributed by atoms with van der Waals surface area (Å²) in [6.45, 7) is 6.75. The first kappa shape index (κ1) is 15.1. The topological polar surface area (TPSA) is 35.2 Å². The fourth-order valence-corrected chi connectivity index (χ4v) is 2.40. The first-order valence-electron chi connectivity index (χ1n) is 6.71. The van der Waals surface area contributed by atoms with Crippen LogP contribution < -0.4 is 10.5 Å². The Kier molecular flexibility index (Phi) is 4.84. The molecule has 1 atom stereocenters. The molecule has 0 aromatic heterocycles. The number of ether oxygens (including phenoxy) is 1. The second-order valence-corrected chi connectivity index (χ2v) is 6.09. The molecule has 3 heteroatoms. The fourth-order valence-electron chi connectivity index (χ4n) is 2.06. The van der Waals surface area contributed by atoms with Crippen molar-refractivity contribution in [2.75, 3.05) is 0 Å². The quantitative estimate of drug-likeness (QED) is 0.882. The number of aryl methyl sites for hydroxylation is 2. The second kappa shape index (κ2) is 6.42. The molecule has 0 aliphatic heterocycles. The van der Waals surface area contributed by atoms with Gasteiger partial charge in [-0.05, 0) is 49.6 Å². The van der Waals surface area contributed by atoms with Gasteiger partial charge in [-0.2, -0.15) is 0 Å². The first-order chi connectivity index (χ1) is 9.47. The van der Waals surface area contributed by atoms with Crippen LogP contribution in [0.25, 0.3) is 0 Å². The molecular weight excluding hydrogens is 314 g/mol. The van der Waals surface area contributed by atoms with Gasteiger partial charge >= 0.3 is 0 Å². The molecular formula is C17H20BrNO. The Morgan fingerprint density at radius 2 is 1.85 bits per heavy atom. The summed E-state index contributed by atoms with van der Waals surface area (Å²) in [6.07, 6.45) is 0. The van der Waals surface area contributed by atoms with Gasteiger partial charge in [0.1, 0.15) is 12.4 Å². The molecule has 0 saturated carbocycles. The van der Waals surface area contributed by atoms with Crippen molar-refractivity contribution in [1.29, 1.82) is 0 Å². The van der Waals surface area contributed by atoms with E-state index in [4.69, 9.17) is 10.5 Å². The van der Waals surface area contributed by atoms with Crippen molar-refractivity contribution in [2.24, 2.45) is 5.73 Å². The molecule has 20 heavy (non-hydrogen) atoms. The minimum absolute atomic E-state index is 0.0437. The van der Waals surface area contributed by atoms with Gasteiger partial charge in [0.2, 0.25) is 0 Å². The highest BCUT2D eigenvalue weighted by atomic mass is 79.9. The second-order valence-electron chi connectivity index (χ2n) is 5.18. The van der Waals surface area contributed by atoms with Crippen LogP contribution >= 0.6 is 15.9 Å². The summed E-state index contributed by atoms with van der Waals surface area (Å²) >= 11 is 3.47. The predicted molar refractivity (Wildman–Crippen MR) is 87.0 cm³/mol. The number of benzene rings is 2. The summed E-state index contributed by atoms with van der Waals surface area (Å²) in [5.74, 6) is 0.840. The lowest BCUT2D eigenvalue weighted by molar-refractivity contribution is 0.301. The number of hydrogen-bond acceptors (Lipinski definition) is 2. The molecule has 2 aromatic carbocycles. The average molecular weight is 334 g/mol. The van der Waals surface area contributed by atoms with Gasteiger partial charge in [0.15, 0.2) is 0 Å².